The van der Waals surface area contributed by atoms with Crippen molar-refractivity contribution in [2.75, 3.05) is 13.1 Å². The number of hydrogen-bond acceptors (Lipinski definition) is 4. The van der Waals surface area contributed by atoms with Gasteiger partial charge in [0.05, 0.1) is 32.3 Å². The summed E-state index contributed by atoms with van der Waals surface area (Å²) in [6, 6.07) is 24.7. The first-order valence-electron chi connectivity index (χ1n) is 30.2. The van der Waals surface area contributed by atoms with Crippen LogP contribution in [0.25, 0.3) is 43.6 Å². The Hall–Kier alpha value is -3.94. The molecule has 2 aliphatic heterocycles. The van der Waals surface area contributed by atoms with E-state index in [1.807, 2.05) is 0 Å². The van der Waals surface area contributed by atoms with Gasteiger partial charge in [0, 0.05) is 46.3 Å². The SMILES string of the molecule is CCCCCCCCC(CCCCCC)CN1C(=O)C2=C(c3ccc(-c4ccc5c(c4)c4ccccc4n5CCCCCCCC)s3)N(CC(CCCCCC)CCCCCCCC)C(=O)C2=C1c1cccs1. The van der Waals surface area contributed by atoms with Crippen molar-refractivity contribution >= 4 is 67.7 Å². The number of hydrogen-bond donors (Lipinski definition) is 0. The summed E-state index contributed by atoms with van der Waals surface area (Å²) in [5, 5.41) is 4.72. The Morgan fingerprint density at radius 2 is 0.877 bits per heavy atom. The first-order valence-corrected chi connectivity index (χ1v) is 31.9. The maximum Gasteiger partial charge on any atom is 0.261 e. The average molecular weight is 1030 g/mol. The van der Waals surface area contributed by atoms with E-state index in [-0.39, 0.29) is 11.8 Å². The maximum absolute atomic E-state index is 15.7. The first-order chi connectivity index (χ1) is 35.9. The third-order valence-corrected chi connectivity index (χ3v) is 18.3. The maximum atomic E-state index is 15.7. The molecular formula is C66H95N3O2S2. The van der Waals surface area contributed by atoms with Crippen LogP contribution in [0.4, 0.5) is 0 Å². The van der Waals surface area contributed by atoms with E-state index in [9.17, 15) is 0 Å². The van der Waals surface area contributed by atoms with Gasteiger partial charge in [-0.05, 0) is 91.3 Å². The molecule has 5 heterocycles. The van der Waals surface area contributed by atoms with E-state index in [0.29, 0.717) is 36.1 Å². The highest BCUT2D eigenvalue weighted by atomic mass is 32.1. The normalized spacial score (nSPS) is 14.9. The standard InChI is InChI=1S/C66H95N3O2S2/c1-6-11-16-21-24-29-37-51(35-27-19-14-9-4)49-68-63(59-41-34-47-72-59)61-62(66(68)71)64(69(65(61)70)50-52(36-28-20-15-10-5)38-30-25-22-17-12-7-2)60-45-44-58(73-60)53-42-43-57-55(48-53)54-39-31-32-40-56(54)67(57)46-33-26-23-18-13-8-3/h31-32,34,39-45,47-48,51-52H,6-30,33,35-38,46,49-50H2,1-5H3. The van der Waals surface area contributed by atoms with Crippen LogP contribution in [0, 0.1) is 11.8 Å². The minimum Gasteiger partial charge on any atom is -0.340 e. The summed E-state index contributed by atoms with van der Waals surface area (Å²) in [5.41, 5.74) is 6.86. The van der Waals surface area contributed by atoms with Crippen LogP contribution in [-0.4, -0.2) is 39.3 Å². The Morgan fingerprint density at radius 3 is 1.40 bits per heavy atom. The number of carbonyl (C=O) groups is 2. The smallest absolute Gasteiger partial charge is 0.261 e. The molecule has 2 atom stereocenters. The van der Waals surface area contributed by atoms with Crippen molar-refractivity contribution in [2.24, 2.45) is 11.8 Å². The molecule has 7 heteroatoms. The van der Waals surface area contributed by atoms with E-state index in [4.69, 9.17) is 0 Å². The van der Waals surface area contributed by atoms with Gasteiger partial charge in [-0.1, -0.05) is 225 Å². The molecule has 0 saturated carbocycles. The van der Waals surface area contributed by atoms with Crippen molar-refractivity contribution in [3.05, 3.63) is 93.0 Å². The highest BCUT2D eigenvalue weighted by Gasteiger charge is 2.50. The van der Waals surface area contributed by atoms with Crippen molar-refractivity contribution < 1.29 is 9.59 Å². The van der Waals surface area contributed by atoms with E-state index < -0.39 is 0 Å². The first kappa shape index (κ1) is 56.8. The molecule has 2 aliphatic rings. The van der Waals surface area contributed by atoms with Gasteiger partial charge in [0.2, 0.25) is 0 Å². The van der Waals surface area contributed by atoms with Gasteiger partial charge in [-0.3, -0.25) is 9.59 Å². The van der Waals surface area contributed by atoms with E-state index >= 15 is 9.59 Å². The lowest BCUT2D eigenvalue weighted by Crippen LogP contribution is -2.34. The highest BCUT2D eigenvalue weighted by Crippen LogP contribution is 2.50. The number of nitrogens with zero attached hydrogens (tertiary/aromatic N) is 3. The summed E-state index contributed by atoms with van der Waals surface area (Å²) in [5.74, 6) is 0.867. The second kappa shape index (κ2) is 30.6. The van der Waals surface area contributed by atoms with Crippen LogP contribution in [0.15, 0.2) is 83.3 Å². The molecule has 0 N–H and O–H groups in total. The number of benzene rings is 2. The Labute approximate surface area is 451 Å². The van der Waals surface area contributed by atoms with Crippen molar-refractivity contribution in [3.8, 4) is 10.4 Å². The average Bonchev–Trinajstić information content (AvgIpc) is 4.26. The molecule has 398 valence electrons. The van der Waals surface area contributed by atoms with E-state index in [2.05, 4.69) is 121 Å². The Balaban J connectivity index is 1.26. The van der Waals surface area contributed by atoms with Crippen LogP contribution in [-0.2, 0) is 16.1 Å². The molecule has 3 aromatic heterocycles. The van der Waals surface area contributed by atoms with E-state index in [1.165, 1.54) is 199 Å². The van der Waals surface area contributed by atoms with Crippen LogP contribution in [0.2, 0.25) is 0 Å². The van der Waals surface area contributed by atoms with Crippen LogP contribution in [0.3, 0.4) is 0 Å². The number of rotatable bonds is 38. The van der Waals surface area contributed by atoms with E-state index in [1.54, 1.807) is 22.7 Å². The summed E-state index contributed by atoms with van der Waals surface area (Å²) in [6.45, 7) is 13.8. The number of unbranched alkanes of at least 4 members (excludes halogenated alkanes) is 21. The number of amides is 2. The fraction of sp³-hybridized carbons (Fsp3) is 0.606. The van der Waals surface area contributed by atoms with Gasteiger partial charge >= 0.3 is 0 Å². The van der Waals surface area contributed by atoms with Crippen molar-refractivity contribution in [3.63, 3.8) is 0 Å². The molecule has 2 aromatic carbocycles. The topological polar surface area (TPSA) is 45.6 Å². The second-order valence-corrected chi connectivity index (χ2v) is 24.2. The van der Waals surface area contributed by atoms with Crippen molar-refractivity contribution in [2.45, 2.75) is 234 Å². The van der Waals surface area contributed by atoms with Gasteiger partial charge < -0.3 is 14.4 Å². The molecule has 0 saturated heterocycles. The van der Waals surface area contributed by atoms with Gasteiger partial charge in [0.1, 0.15) is 0 Å². The van der Waals surface area contributed by atoms with Crippen molar-refractivity contribution in [1.29, 1.82) is 0 Å². The zero-order valence-corrected chi connectivity index (χ0v) is 48.0. The number of fused-ring (bicyclic) bond motifs is 4. The number of aryl methyl sites for hydroxylation is 1. The van der Waals surface area contributed by atoms with Gasteiger partial charge in [-0.2, -0.15) is 0 Å². The summed E-state index contributed by atoms with van der Waals surface area (Å²) in [7, 11) is 0. The minimum absolute atomic E-state index is 0.0377. The largest absolute Gasteiger partial charge is 0.340 e. The van der Waals surface area contributed by atoms with Gasteiger partial charge in [0.15, 0.2) is 0 Å². The Kier molecular flexibility index (Phi) is 23.8. The molecule has 2 unspecified atom stereocenters. The Bertz CT molecular complexity index is 2500. The monoisotopic (exact) mass is 1030 g/mol. The second-order valence-electron chi connectivity index (χ2n) is 22.1. The Morgan fingerprint density at radius 1 is 0.425 bits per heavy atom. The summed E-state index contributed by atoms with van der Waals surface area (Å²) in [4.78, 5) is 38.9. The van der Waals surface area contributed by atoms with Crippen molar-refractivity contribution in [1.82, 2.24) is 14.4 Å². The quantitative estimate of drug-likeness (QED) is 0.0370. The van der Waals surface area contributed by atoms with Crippen LogP contribution < -0.4 is 0 Å². The molecule has 0 radical (unpaired) electrons. The summed E-state index contributed by atoms with van der Waals surface area (Å²) in [6.07, 6.45) is 37.3. The van der Waals surface area contributed by atoms with Crippen LogP contribution >= 0.6 is 22.7 Å². The molecule has 5 nitrogen and oxygen atoms in total. The van der Waals surface area contributed by atoms with Crippen LogP contribution in [0.1, 0.15) is 237 Å². The fourth-order valence-electron chi connectivity index (χ4n) is 12.1. The predicted molar refractivity (Wildman–Crippen MR) is 318 cm³/mol. The van der Waals surface area contributed by atoms with E-state index in [0.717, 1.165) is 53.4 Å². The van der Waals surface area contributed by atoms with Gasteiger partial charge in [0.25, 0.3) is 11.8 Å². The number of aromatic nitrogens is 1. The fourth-order valence-corrected chi connectivity index (χ4v) is 14.0. The van der Waals surface area contributed by atoms with Crippen LogP contribution in [0.5, 0.6) is 0 Å². The molecule has 0 fully saturated rings. The minimum atomic E-state index is 0.0377. The molecule has 0 bridgehead atoms. The zero-order valence-electron chi connectivity index (χ0n) is 46.4. The molecule has 0 aliphatic carbocycles. The number of para-hydroxylation sites is 1. The lowest BCUT2D eigenvalue weighted by Gasteiger charge is -2.29. The number of thiophene rings is 2. The van der Waals surface area contributed by atoms with Gasteiger partial charge in [-0.15, -0.1) is 22.7 Å². The molecular weight excluding hydrogens is 931 g/mol. The molecule has 5 aromatic rings. The summed E-state index contributed by atoms with van der Waals surface area (Å²) < 4.78 is 2.55. The van der Waals surface area contributed by atoms with Gasteiger partial charge in [-0.25, -0.2) is 0 Å². The molecule has 73 heavy (non-hydrogen) atoms. The molecule has 7 rings (SSSR count). The third-order valence-electron chi connectivity index (χ3n) is 16.3. The summed E-state index contributed by atoms with van der Waals surface area (Å²) >= 11 is 3.44. The molecule has 0 spiro atoms. The highest BCUT2D eigenvalue weighted by molar-refractivity contribution is 7.16. The zero-order chi connectivity index (χ0) is 51.2. The third kappa shape index (κ3) is 15.1. The number of carbonyl (C=O) groups excluding carboxylic acids is 2. The lowest BCUT2D eigenvalue weighted by atomic mass is 9.93. The predicted octanol–water partition coefficient (Wildman–Crippen LogP) is 20.4. The molecule has 2 amide bonds. The lowest BCUT2D eigenvalue weighted by molar-refractivity contribution is -0.124.